The Morgan fingerprint density at radius 1 is 1.43 bits per heavy atom. The minimum absolute atomic E-state index is 0.0607. The lowest BCUT2D eigenvalue weighted by molar-refractivity contribution is 0.0909. The second kappa shape index (κ2) is 5.95. The molecule has 1 aliphatic heterocycles. The average Bonchev–Trinajstić information content (AvgIpc) is 3.14. The zero-order valence-corrected chi connectivity index (χ0v) is 12.0. The normalized spacial score (nSPS) is 18.0. The molecule has 1 aromatic heterocycles. The SMILES string of the molecule is Cc1n[nH]c([C@@H]2CCCN2C(=O)OCc2ccccc2)n1. The van der Waals surface area contributed by atoms with Gasteiger partial charge in [0.1, 0.15) is 18.3 Å². The van der Waals surface area contributed by atoms with Gasteiger partial charge in [-0.25, -0.2) is 9.78 Å². The molecule has 0 radical (unpaired) electrons. The number of amides is 1. The number of aromatic amines is 1. The summed E-state index contributed by atoms with van der Waals surface area (Å²) >= 11 is 0. The van der Waals surface area contributed by atoms with Crippen molar-refractivity contribution in [2.45, 2.75) is 32.4 Å². The van der Waals surface area contributed by atoms with Gasteiger partial charge in [-0.05, 0) is 25.3 Å². The molecule has 0 unspecified atom stereocenters. The van der Waals surface area contributed by atoms with Crippen LogP contribution in [0.1, 0.15) is 36.1 Å². The second-order valence-corrected chi connectivity index (χ2v) is 5.16. The van der Waals surface area contributed by atoms with Crippen molar-refractivity contribution in [3.63, 3.8) is 0 Å². The van der Waals surface area contributed by atoms with E-state index in [0.29, 0.717) is 19.0 Å². The van der Waals surface area contributed by atoms with Crippen molar-refractivity contribution in [3.05, 3.63) is 47.5 Å². The molecule has 1 amide bonds. The molecular weight excluding hydrogens is 268 g/mol. The monoisotopic (exact) mass is 286 g/mol. The molecular formula is C15H18N4O2. The van der Waals surface area contributed by atoms with E-state index in [4.69, 9.17) is 4.74 Å². The van der Waals surface area contributed by atoms with Crippen LogP contribution < -0.4 is 0 Å². The molecule has 0 saturated carbocycles. The van der Waals surface area contributed by atoms with Gasteiger partial charge in [-0.15, -0.1) is 0 Å². The molecule has 0 bridgehead atoms. The summed E-state index contributed by atoms with van der Waals surface area (Å²) in [5, 5.41) is 6.93. The first-order chi connectivity index (χ1) is 10.2. The highest BCUT2D eigenvalue weighted by molar-refractivity contribution is 5.68. The molecule has 21 heavy (non-hydrogen) atoms. The number of hydrogen-bond acceptors (Lipinski definition) is 4. The Bertz CT molecular complexity index is 611. The Morgan fingerprint density at radius 3 is 2.95 bits per heavy atom. The smallest absolute Gasteiger partial charge is 0.410 e. The van der Waals surface area contributed by atoms with Crippen molar-refractivity contribution in [3.8, 4) is 0 Å². The first-order valence-corrected chi connectivity index (χ1v) is 7.10. The van der Waals surface area contributed by atoms with Gasteiger partial charge in [0, 0.05) is 6.54 Å². The summed E-state index contributed by atoms with van der Waals surface area (Å²) < 4.78 is 5.40. The van der Waals surface area contributed by atoms with Crippen LogP contribution in [0.15, 0.2) is 30.3 Å². The van der Waals surface area contributed by atoms with Crippen LogP contribution in [0.5, 0.6) is 0 Å². The molecule has 6 heteroatoms. The zero-order valence-electron chi connectivity index (χ0n) is 12.0. The number of carbonyl (C=O) groups is 1. The van der Waals surface area contributed by atoms with E-state index in [1.54, 1.807) is 4.90 Å². The number of hydrogen-bond donors (Lipinski definition) is 1. The third-order valence-corrected chi connectivity index (χ3v) is 3.62. The predicted molar refractivity (Wildman–Crippen MR) is 76.4 cm³/mol. The van der Waals surface area contributed by atoms with Crippen LogP contribution in [0.4, 0.5) is 4.79 Å². The summed E-state index contributed by atoms with van der Waals surface area (Å²) in [4.78, 5) is 18.3. The van der Waals surface area contributed by atoms with E-state index in [-0.39, 0.29) is 12.1 Å². The first-order valence-electron chi connectivity index (χ1n) is 7.10. The van der Waals surface area contributed by atoms with Crippen molar-refractivity contribution < 1.29 is 9.53 Å². The molecule has 1 saturated heterocycles. The fraction of sp³-hybridized carbons (Fsp3) is 0.400. The van der Waals surface area contributed by atoms with E-state index in [0.717, 1.165) is 24.2 Å². The highest BCUT2D eigenvalue weighted by Crippen LogP contribution is 2.30. The number of likely N-dealkylation sites (tertiary alicyclic amines) is 1. The number of aromatic nitrogens is 3. The fourth-order valence-corrected chi connectivity index (χ4v) is 2.58. The summed E-state index contributed by atoms with van der Waals surface area (Å²) in [6, 6.07) is 9.62. The van der Waals surface area contributed by atoms with Crippen LogP contribution in [0.2, 0.25) is 0 Å². The Morgan fingerprint density at radius 2 is 2.24 bits per heavy atom. The maximum atomic E-state index is 12.3. The van der Waals surface area contributed by atoms with Gasteiger partial charge in [-0.1, -0.05) is 30.3 Å². The highest BCUT2D eigenvalue weighted by atomic mass is 16.6. The van der Waals surface area contributed by atoms with Crippen molar-refractivity contribution in [2.75, 3.05) is 6.54 Å². The van der Waals surface area contributed by atoms with Crippen LogP contribution in [-0.4, -0.2) is 32.7 Å². The zero-order chi connectivity index (χ0) is 14.7. The number of carbonyl (C=O) groups excluding carboxylic acids is 1. The molecule has 1 aromatic carbocycles. The van der Waals surface area contributed by atoms with Gasteiger partial charge in [-0.2, -0.15) is 5.10 Å². The van der Waals surface area contributed by atoms with Crippen molar-refractivity contribution in [1.29, 1.82) is 0 Å². The average molecular weight is 286 g/mol. The molecule has 3 rings (SSSR count). The summed E-state index contributed by atoms with van der Waals surface area (Å²) in [6.07, 6.45) is 1.54. The maximum absolute atomic E-state index is 12.3. The number of ether oxygens (including phenoxy) is 1. The highest BCUT2D eigenvalue weighted by Gasteiger charge is 2.33. The van der Waals surface area contributed by atoms with Gasteiger partial charge in [0.25, 0.3) is 0 Å². The molecule has 1 N–H and O–H groups in total. The van der Waals surface area contributed by atoms with Crippen LogP contribution in [0, 0.1) is 6.92 Å². The van der Waals surface area contributed by atoms with Crippen molar-refractivity contribution >= 4 is 6.09 Å². The van der Waals surface area contributed by atoms with E-state index in [1.165, 1.54) is 0 Å². The Kier molecular flexibility index (Phi) is 3.85. The lowest BCUT2D eigenvalue weighted by atomic mass is 10.2. The van der Waals surface area contributed by atoms with Crippen molar-refractivity contribution in [2.24, 2.45) is 0 Å². The Labute approximate surface area is 123 Å². The van der Waals surface area contributed by atoms with E-state index < -0.39 is 0 Å². The largest absolute Gasteiger partial charge is 0.445 e. The molecule has 2 aromatic rings. The van der Waals surface area contributed by atoms with E-state index in [9.17, 15) is 4.79 Å². The number of benzene rings is 1. The third kappa shape index (κ3) is 3.04. The quantitative estimate of drug-likeness (QED) is 0.941. The van der Waals surface area contributed by atoms with E-state index >= 15 is 0 Å². The van der Waals surface area contributed by atoms with Gasteiger partial charge in [0.2, 0.25) is 0 Å². The maximum Gasteiger partial charge on any atom is 0.410 e. The van der Waals surface area contributed by atoms with Gasteiger partial charge in [0.15, 0.2) is 0 Å². The Hall–Kier alpha value is -2.37. The van der Waals surface area contributed by atoms with Crippen LogP contribution in [-0.2, 0) is 11.3 Å². The lowest BCUT2D eigenvalue weighted by Gasteiger charge is -2.22. The van der Waals surface area contributed by atoms with Gasteiger partial charge >= 0.3 is 6.09 Å². The van der Waals surface area contributed by atoms with Crippen LogP contribution in [0.25, 0.3) is 0 Å². The standard InChI is InChI=1S/C15H18N4O2/c1-11-16-14(18-17-11)13-8-5-9-19(13)15(20)21-10-12-6-3-2-4-7-12/h2-4,6-7,13H,5,8-10H2,1H3,(H,16,17,18)/t13-/m0/s1. The number of nitrogens with zero attached hydrogens (tertiary/aromatic N) is 3. The fourth-order valence-electron chi connectivity index (χ4n) is 2.58. The molecule has 0 aliphatic carbocycles. The number of nitrogens with one attached hydrogen (secondary N) is 1. The first kappa shape index (κ1) is 13.6. The summed E-state index contributed by atoms with van der Waals surface area (Å²) in [5.41, 5.74) is 0.983. The predicted octanol–water partition coefficient (Wildman–Crippen LogP) is 2.59. The summed E-state index contributed by atoms with van der Waals surface area (Å²) in [5.74, 6) is 1.43. The molecule has 1 fully saturated rings. The summed E-state index contributed by atoms with van der Waals surface area (Å²) in [7, 11) is 0. The van der Waals surface area contributed by atoms with Crippen LogP contribution >= 0.6 is 0 Å². The minimum atomic E-state index is -0.296. The molecule has 1 atom stereocenters. The van der Waals surface area contributed by atoms with Gasteiger partial charge in [0.05, 0.1) is 6.04 Å². The number of rotatable bonds is 3. The van der Waals surface area contributed by atoms with Gasteiger partial charge < -0.3 is 4.74 Å². The second-order valence-electron chi connectivity index (χ2n) is 5.16. The Balaban J connectivity index is 1.63. The van der Waals surface area contributed by atoms with Gasteiger partial charge in [-0.3, -0.25) is 10.00 Å². The molecule has 0 spiro atoms. The molecule has 1 aliphatic rings. The molecule has 2 heterocycles. The summed E-state index contributed by atoms with van der Waals surface area (Å²) in [6.45, 7) is 2.81. The lowest BCUT2D eigenvalue weighted by Crippen LogP contribution is -2.31. The molecule has 110 valence electrons. The third-order valence-electron chi connectivity index (χ3n) is 3.62. The number of aryl methyl sites for hydroxylation is 1. The van der Waals surface area contributed by atoms with E-state index in [2.05, 4.69) is 15.2 Å². The minimum Gasteiger partial charge on any atom is -0.445 e. The molecule has 6 nitrogen and oxygen atoms in total. The van der Waals surface area contributed by atoms with E-state index in [1.807, 2.05) is 37.3 Å². The van der Waals surface area contributed by atoms with Crippen molar-refractivity contribution in [1.82, 2.24) is 20.1 Å². The topological polar surface area (TPSA) is 71.1 Å². The van der Waals surface area contributed by atoms with Crippen LogP contribution in [0.3, 0.4) is 0 Å². The number of H-pyrrole nitrogens is 1.